The summed E-state index contributed by atoms with van der Waals surface area (Å²) in [5, 5.41) is 2.66. The first-order chi connectivity index (χ1) is 3.75. The summed E-state index contributed by atoms with van der Waals surface area (Å²) in [6, 6.07) is 0.000000000000000222. The number of carbonyl (C=O) groups is 1. The highest BCUT2D eigenvalue weighted by Gasteiger charge is 2.36. The Morgan fingerprint density at radius 1 is 1.88 bits per heavy atom. The third kappa shape index (κ3) is 0.510. The second-order valence-electron chi connectivity index (χ2n) is 1.79. The molecule has 1 aliphatic rings. The van der Waals surface area contributed by atoms with Crippen molar-refractivity contribution in [3.8, 4) is 0 Å². The number of hydrogen-bond acceptors (Lipinski definition) is 1. The molecule has 0 aliphatic carbocycles. The summed E-state index contributed by atoms with van der Waals surface area (Å²) in [5.41, 5.74) is 0. The Kier molecular flexibility index (Phi) is 1.04. The number of nitrogens with zero attached hydrogens (tertiary/aromatic N) is 1. The molecule has 0 aromatic rings. The van der Waals surface area contributed by atoms with Crippen LogP contribution < -0.4 is 5.32 Å². The molecule has 3 nitrogen and oxygen atoms in total. The van der Waals surface area contributed by atoms with Gasteiger partial charge in [0.2, 0.25) is 6.17 Å². The largest absolute Gasteiger partial charge is 0.497 e. The van der Waals surface area contributed by atoms with Crippen LogP contribution in [-0.2, 0) is 0 Å². The SMILES string of the molecule is C/C=[N+]1\C(=O)N[C@@H]1C. The summed E-state index contributed by atoms with van der Waals surface area (Å²) >= 11 is 0. The lowest BCUT2D eigenvalue weighted by Crippen LogP contribution is -2.58. The zero-order valence-electron chi connectivity index (χ0n) is 5.01. The van der Waals surface area contributed by atoms with Crippen LogP contribution in [0.4, 0.5) is 4.79 Å². The number of carbonyl (C=O) groups excluding carboxylic acids is 1. The molecule has 0 unspecified atom stereocenters. The predicted octanol–water partition coefficient (Wildman–Crippen LogP) is 0.159. The van der Waals surface area contributed by atoms with E-state index >= 15 is 0 Å². The molecule has 8 heavy (non-hydrogen) atoms. The summed E-state index contributed by atoms with van der Waals surface area (Å²) in [4.78, 5) is 10.5. The van der Waals surface area contributed by atoms with Gasteiger partial charge in [-0.15, -0.1) is 0 Å². The lowest BCUT2D eigenvalue weighted by molar-refractivity contribution is -0.516. The van der Waals surface area contributed by atoms with Gasteiger partial charge < -0.3 is 0 Å². The second kappa shape index (κ2) is 1.58. The van der Waals surface area contributed by atoms with E-state index in [1.54, 1.807) is 10.8 Å². The van der Waals surface area contributed by atoms with Crippen molar-refractivity contribution in [2.75, 3.05) is 0 Å². The van der Waals surface area contributed by atoms with Crippen LogP contribution in [0.1, 0.15) is 13.8 Å². The maximum Gasteiger partial charge on any atom is 0.497 e. The van der Waals surface area contributed by atoms with Crippen molar-refractivity contribution < 1.29 is 9.37 Å². The molecule has 3 heteroatoms. The third-order valence-corrected chi connectivity index (χ3v) is 1.26. The van der Waals surface area contributed by atoms with Gasteiger partial charge in [0.05, 0.1) is 6.21 Å². The maximum atomic E-state index is 10.5. The van der Waals surface area contributed by atoms with Crippen molar-refractivity contribution in [1.82, 2.24) is 5.32 Å². The van der Waals surface area contributed by atoms with E-state index in [-0.39, 0.29) is 12.2 Å². The van der Waals surface area contributed by atoms with Crippen LogP contribution in [0.2, 0.25) is 0 Å². The minimum atomic E-state index is 0.000000000000000222. The Morgan fingerprint density at radius 2 is 2.50 bits per heavy atom. The third-order valence-electron chi connectivity index (χ3n) is 1.26. The molecule has 1 aliphatic heterocycles. The van der Waals surface area contributed by atoms with Gasteiger partial charge in [-0.3, -0.25) is 0 Å². The number of nitrogens with one attached hydrogen (secondary N) is 1. The quantitative estimate of drug-likeness (QED) is 0.446. The minimum absolute atomic E-state index is 0.000000000000000222. The molecule has 1 atom stereocenters. The lowest BCUT2D eigenvalue weighted by atomic mass is 10.4. The highest BCUT2D eigenvalue weighted by Crippen LogP contribution is 1.96. The van der Waals surface area contributed by atoms with Crippen molar-refractivity contribution in [1.29, 1.82) is 0 Å². The van der Waals surface area contributed by atoms with E-state index in [0.717, 1.165) is 0 Å². The molecule has 1 heterocycles. The molecule has 0 saturated carbocycles. The molecule has 0 bridgehead atoms. The molecule has 0 aromatic heterocycles. The van der Waals surface area contributed by atoms with Crippen molar-refractivity contribution in [2.45, 2.75) is 20.0 Å². The predicted molar refractivity (Wildman–Crippen MR) is 30.0 cm³/mol. The number of amides is 2. The van der Waals surface area contributed by atoms with Crippen LogP contribution in [0.25, 0.3) is 0 Å². The zero-order chi connectivity index (χ0) is 6.15. The van der Waals surface area contributed by atoms with Gasteiger partial charge >= 0.3 is 6.03 Å². The standard InChI is InChI=1S/C5H8N2O/c1-3-7-4(2)6-5(7)8/h3-4H,1-2H3/p+1/b7-3-/t4-/m0/s1. The van der Waals surface area contributed by atoms with Crippen LogP contribution in [0.15, 0.2) is 0 Å². The molecule has 1 rings (SSSR count). The van der Waals surface area contributed by atoms with Gasteiger partial charge in [-0.05, 0) is 6.92 Å². The summed E-state index contributed by atoms with van der Waals surface area (Å²) in [5.74, 6) is 0. The van der Waals surface area contributed by atoms with Gasteiger partial charge in [0.25, 0.3) is 0 Å². The minimum Gasteiger partial charge on any atom is -0.197 e. The fourth-order valence-electron chi connectivity index (χ4n) is 0.773. The van der Waals surface area contributed by atoms with E-state index in [1.807, 2.05) is 13.8 Å². The van der Waals surface area contributed by atoms with Crippen molar-refractivity contribution in [2.24, 2.45) is 0 Å². The Balaban J connectivity index is 2.66. The molecule has 44 valence electrons. The fraction of sp³-hybridized carbons (Fsp3) is 0.600. The topological polar surface area (TPSA) is 32.1 Å². The monoisotopic (exact) mass is 113 g/mol. The van der Waals surface area contributed by atoms with E-state index in [1.165, 1.54) is 0 Å². The first kappa shape index (κ1) is 5.28. The average Bonchev–Trinajstić information content (AvgIpc) is 1.67. The van der Waals surface area contributed by atoms with E-state index in [0.29, 0.717) is 0 Å². The number of rotatable bonds is 0. The van der Waals surface area contributed by atoms with Crippen molar-refractivity contribution in [3.63, 3.8) is 0 Å². The first-order valence-electron chi connectivity index (χ1n) is 2.64. The highest BCUT2D eigenvalue weighted by atomic mass is 16.2. The van der Waals surface area contributed by atoms with Gasteiger partial charge in [0.1, 0.15) is 0 Å². The molecule has 1 fully saturated rings. The number of urea groups is 1. The molecule has 0 radical (unpaired) electrons. The van der Waals surface area contributed by atoms with E-state index in [4.69, 9.17) is 0 Å². The highest BCUT2D eigenvalue weighted by molar-refractivity contribution is 5.74. The number of hydrogen-bond donors (Lipinski definition) is 1. The molecule has 1 saturated heterocycles. The van der Waals surface area contributed by atoms with Gasteiger partial charge in [0, 0.05) is 6.92 Å². The van der Waals surface area contributed by atoms with Crippen LogP contribution in [0.5, 0.6) is 0 Å². The van der Waals surface area contributed by atoms with Crippen LogP contribution >= 0.6 is 0 Å². The van der Waals surface area contributed by atoms with Crippen LogP contribution in [0.3, 0.4) is 0 Å². The molecule has 0 aromatic carbocycles. The van der Waals surface area contributed by atoms with Crippen molar-refractivity contribution in [3.05, 3.63) is 0 Å². The summed E-state index contributed by atoms with van der Waals surface area (Å²) in [6.45, 7) is 3.77. The van der Waals surface area contributed by atoms with Crippen LogP contribution in [0, 0.1) is 0 Å². The zero-order valence-corrected chi connectivity index (χ0v) is 5.01. The first-order valence-corrected chi connectivity index (χ1v) is 2.64. The summed E-state index contributed by atoms with van der Waals surface area (Å²) < 4.78 is 1.64. The molecule has 0 spiro atoms. The molecular weight excluding hydrogens is 104 g/mol. The normalized spacial score (nSPS) is 32.0. The average molecular weight is 113 g/mol. The second-order valence-corrected chi connectivity index (χ2v) is 1.79. The smallest absolute Gasteiger partial charge is 0.197 e. The van der Waals surface area contributed by atoms with E-state index in [9.17, 15) is 4.79 Å². The Morgan fingerprint density at radius 3 is 2.62 bits per heavy atom. The van der Waals surface area contributed by atoms with Crippen molar-refractivity contribution >= 4 is 12.2 Å². The Hall–Kier alpha value is -0.860. The Labute approximate surface area is 48.0 Å². The molecule has 1 N–H and O–H groups in total. The van der Waals surface area contributed by atoms with E-state index in [2.05, 4.69) is 5.32 Å². The van der Waals surface area contributed by atoms with Crippen LogP contribution in [-0.4, -0.2) is 23.0 Å². The van der Waals surface area contributed by atoms with Gasteiger partial charge in [-0.2, -0.15) is 14.7 Å². The molecular formula is C5H9N2O+. The fourth-order valence-corrected chi connectivity index (χ4v) is 0.773. The lowest BCUT2D eigenvalue weighted by Gasteiger charge is -2.17. The Bertz CT molecular complexity index is 151. The van der Waals surface area contributed by atoms with Gasteiger partial charge in [0.15, 0.2) is 0 Å². The molecule has 2 amide bonds. The van der Waals surface area contributed by atoms with Gasteiger partial charge in [-0.1, -0.05) is 0 Å². The maximum absolute atomic E-state index is 10.5. The van der Waals surface area contributed by atoms with Gasteiger partial charge in [-0.25, -0.2) is 0 Å². The summed E-state index contributed by atoms with van der Waals surface area (Å²) in [6.07, 6.45) is 1.97. The summed E-state index contributed by atoms with van der Waals surface area (Å²) in [7, 11) is 0. The van der Waals surface area contributed by atoms with E-state index < -0.39 is 0 Å².